The Bertz CT molecular complexity index is 1040. The number of nitrogens with one attached hydrogen (secondary N) is 1. The Labute approximate surface area is 155 Å². The molecule has 3 aromatic rings. The molecular weight excluding hydrogens is 344 g/mol. The lowest BCUT2D eigenvalue weighted by molar-refractivity contribution is 0.0746. The number of fused-ring (bicyclic) bond motifs is 1. The van der Waals surface area contributed by atoms with E-state index in [1.165, 1.54) is 0 Å². The van der Waals surface area contributed by atoms with Crippen LogP contribution in [0.3, 0.4) is 0 Å². The van der Waals surface area contributed by atoms with Crippen LogP contribution in [0.25, 0.3) is 11.0 Å². The van der Waals surface area contributed by atoms with E-state index < -0.39 is 0 Å². The Morgan fingerprint density at radius 2 is 1.93 bits per heavy atom. The molecule has 0 radical (unpaired) electrons. The lowest BCUT2D eigenvalue weighted by atomic mass is 10.1. The third-order valence-corrected chi connectivity index (χ3v) is 5.32. The maximum atomic E-state index is 12.9. The molecule has 2 fully saturated rings. The molecule has 1 aliphatic heterocycles. The standard InChI is InChI=1S/C19H20N6O2/c26-18(24-10-8-23(9-11-24)17-2-1-7-20-22-17)13-3-6-16-15(12-13)21-19(27)25(16)14-4-5-14/h1-3,6-7,12,14H,4-5,8-11H2,(H,21,27). The van der Waals surface area contributed by atoms with Crippen molar-refractivity contribution in [1.82, 2.24) is 24.6 Å². The summed E-state index contributed by atoms with van der Waals surface area (Å²) in [6.45, 7) is 2.71. The Balaban J connectivity index is 1.33. The molecule has 0 spiro atoms. The first kappa shape index (κ1) is 16.0. The van der Waals surface area contributed by atoms with E-state index >= 15 is 0 Å². The van der Waals surface area contributed by atoms with Crippen LogP contribution in [-0.2, 0) is 0 Å². The molecule has 0 bridgehead atoms. The Morgan fingerprint density at radius 1 is 1.11 bits per heavy atom. The molecule has 1 N–H and O–H groups in total. The van der Waals surface area contributed by atoms with Gasteiger partial charge in [-0.05, 0) is 43.2 Å². The van der Waals surface area contributed by atoms with Crippen molar-refractivity contribution in [2.24, 2.45) is 0 Å². The molecule has 1 aromatic carbocycles. The predicted molar refractivity (Wildman–Crippen MR) is 101 cm³/mol. The van der Waals surface area contributed by atoms with Crippen LogP contribution in [0.15, 0.2) is 41.3 Å². The molecule has 0 unspecified atom stereocenters. The lowest BCUT2D eigenvalue weighted by Gasteiger charge is -2.35. The minimum atomic E-state index is -0.0883. The highest BCUT2D eigenvalue weighted by Crippen LogP contribution is 2.35. The molecule has 138 valence electrons. The van der Waals surface area contributed by atoms with E-state index in [9.17, 15) is 9.59 Å². The van der Waals surface area contributed by atoms with E-state index in [1.54, 1.807) is 12.3 Å². The van der Waals surface area contributed by atoms with Crippen LogP contribution in [0.2, 0.25) is 0 Å². The van der Waals surface area contributed by atoms with Crippen molar-refractivity contribution in [1.29, 1.82) is 0 Å². The highest BCUT2D eigenvalue weighted by molar-refractivity contribution is 5.97. The molecule has 3 heterocycles. The number of imidazole rings is 1. The minimum Gasteiger partial charge on any atom is -0.352 e. The fraction of sp³-hybridized carbons (Fsp3) is 0.368. The summed E-state index contributed by atoms with van der Waals surface area (Å²) in [4.78, 5) is 31.9. The Hall–Kier alpha value is -3.16. The van der Waals surface area contributed by atoms with Gasteiger partial charge in [0.15, 0.2) is 5.82 Å². The molecule has 8 nitrogen and oxygen atoms in total. The quantitative estimate of drug-likeness (QED) is 0.759. The summed E-state index contributed by atoms with van der Waals surface area (Å²) < 4.78 is 1.81. The number of hydrogen-bond acceptors (Lipinski definition) is 5. The van der Waals surface area contributed by atoms with Crippen LogP contribution in [0.5, 0.6) is 0 Å². The number of H-pyrrole nitrogens is 1. The summed E-state index contributed by atoms with van der Waals surface area (Å²) in [7, 11) is 0. The van der Waals surface area contributed by atoms with Gasteiger partial charge in [-0.1, -0.05) is 0 Å². The SMILES string of the molecule is O=C(c1ccc2c(c1)[nH]c(=O)n2C1CC1)N1CCN(c2cccnn2)CC1. The molecule has 2 aromatic heterocycles. The van der Waals surface area contributed by atoms with Crippen LogP contribution in [0.4, 0.5) is 5.82 Å². The van der Waals surface area contributed by atoms with E-state index in [0.717, 1.165) is 42.8 Å². The zero-order valence-electron chi connectivity index (χ0n) is 14.8. The number of nitrogens with zero attached hydrogens (tertiary/aromatic N) is 5. The molecule has 8 heteroatoms. The molecule has 1 saturated heterocycles. The van der Waals surface area contributed by atoms with Crippen molar-refractivity contribution in [3.8, 4) is 0 Å². The summed E-state index contributed by atoms with van der Waals surface area (Å²) in [6, 6.07) is 9.61. The molecule has 1 amide bonds. The number of aromatic nitrogens is 4. The second-order valence-corrected chi connectivity index (χ2v) is 7.12. The van der Waals surface area contributed by atoms with Gasteiger partial charge in [-0.15, -0.1) is 5.10 Å². The van der Waals surface area contributed by atoms with Crippen LogP contribution in [-0.4, -0.2) is 56.7 Å². The van der Waals surface area contributed by atoms with Gasteiger partial charge in [-0.2, -0.15) is 5.10 Å². The monoisotopic (exact) mass is 364 g/mol. The maximum Gasteiger partial charge on any atom is 0.326 e. The normalized spacial score (nSPS) is 17.5. The molecule has 1 saturated carbocycles. The van der Waals surface area contributed by atoms with E-state index in [-0.39, 0.29) is 11.6 Å². The van der Waals surface area contributed by atoms with Gasteiger partial charge in [0.2, 0.25) is 0 Å². The summed E-state index contributed by atoms with van der Waals surface area (Å²) >= 11 is 0. The molecular formula is C19H20N6O2. The first-order valence-electron chi connectivity index (χ1n) is 9.27. The van der Waals surface area contributed by atoms with Gasteiger partial charge in [0, 0.05) is 44.0 Å². The van der Waals surface area contributed by atoms with E-state index in [4.69, 9.17) is 0 Å². The van der Waals surface area contributed by atoms with Gasteiger partial charge in [0.05, 0.1) is 11.0 Å². The average Bonchev–Trinajstić information content (AvgIpc) is 3.49. The molecule has 1 aliphatic carbocycles. The number of aromatic amines is 1. The smallest absolute Gasteiger partial charge is 0.326 e. The van der Waals surface area contributed by atoms with Gasteiger partial charge < -0.3 is 14.8 Å². The van der Waals surface area contributed by atoms with Crippen LogP contribution >= 0.6 is 0 Å². The number of amides is 1. The Morgan fingerprint density at radius 3 is 2.63 bits per heavy atom. The number of rotatable bonds is 3. The highest BCUT2D eigenvalue weighted by atomic mass is 16.2. The lowest BCUT2D eigenvalue weighted by Crippen LogP contribution is -2.49. The number of anilines is 1. The summed E-state index contributed by atoms with van der Waals surface area (Å²) in [6.07, 6.45) is 3.74. The first-order chi connectivity index (χ1) is 13.2. The molecule has 27 heavy (non-hydrogen) atoms. The molecule has 0 atom stereocenters. The number of carbonyl (C=O) groups excluding carboxylic acids is 1. The fourth-order valence-corrected chi connectivity index (χ4v) is 3.74. The van der Waals surface area contributed by atoms with Crippen molar-refractivity contribution in [3.63, 3.8) is 0 Å². The zero-order chi connectivity index (χ0) is 18.4. The van der Waals surface area contributed by atoms with E-state index in [1.807, 2.05) is 33.7 Å². The predicted octanol–water partition coefficient (Wildman–Crippen LogP) is 1.42. The summed E-state index contributed by atoms with van der Waals surface area (Å²) in [5.74, 6) is 0.834. The van der Waals surface area contributed by atoms with Crippen molar-refractivity contribution in [2.75, 3.05) is 31.1 Å². The zero-order valence-corrected chi connectivity index (χ0v) is 14.8. The molecule has 2 aliphatic rings. The third kappa shape index (κ3) is 2.87. The van der Waals surface area contributed by atoms with Gasteiger partial charge in [0.1, 0.15) is 0 Å². The minimum absolute atomic E-state index is 0.00397. The molecule has 5 rings (SSSR count). The number of hydrogen-bond donors (Lipinski definition) is 1. The summed E-state index contributed by atoms with van der Waals surface area (Å²) in [5, 5.41) is 8.04. The van der Waals surface area contributed by atoms with Crippen LogP contribution in [0.1, 0.15) is 29.2 Å². The summed E-state index contributed by atoms with van der Waals surface area (Å²) in [5.41, 5.74) is 2.14. The van der Waals surface area contributed by atoms with Crippen molar-refractivity contribution >= 4 is 22.8 Å². The first-order valence-corrected chi connectivity index (χ1v) is 9.27. The third-order valence-electron chi connectivity index (χ3n) is 5.32. The van der Waals surface area contributed by atoms with Crippen molar-refractivity contribution in [2.45, 2.75) is 18.9 Å². The second kappa shape index (κ2) is 6.22. The topological polar surface area (TPSA) is 87.1 Å². The largest absolute Gasteiger partial charge is 0.352 e. The van der Waals surface area contributed by atoms with Crippen LogP contribution in [0, 0.1) is 0 Å². The average molecular weight is 364 g/mol. The van der Waals surface area contributed by atoms with Gasteiger partial charge >= 0.3 is 5.69 Å². The van der Waals surface area contributed by atoms with Crippen LogP contribution < -0.4 is 10.6 Å². The highest BCUT2D eigenvalue weighted by Gasteiger charge is 2.28. The Kier molecular flexibility index (Phi) is 3.70. The number of carbonyl (C=O) groups is 1. The van der Waals surface area contributed by atoms with E-state index in [2.05, 4.69) is 20.1 Å². The number of benzene rings is 1. The van der Waals surface area contributed by atoms with Gasteiger partial charge in [0.25, 0.3) is 5.91 Å². The number of piperazine rings is 1. The maximum absolute atomic E-state index is 12.9. The van der Waals surface area contributed by atoms with Crippen molar-refractivity contribution < 1.29 is 4.79 Å². The van der Waals surface area contributed by atoms with Crippen molar-refractivity contribution in [3.05, 3.63) is 52.6 Å². The van der Waals surface area contributed by atoms with E-state index in [0.29, 0.717) is 24.7 Å². The van der Waals surface area contributed by atoms with Gasteiger partial charge in [-0.3, -0.25) is 9.36 Å². The second-order valence-electron chi connectivity index (χ2n) is 7.12. The van der Waals surface area contributed by atoms with Gasteiger partial charge in [-0.25, -0.2) is 4.79 Å². The fourth-order valence-electron chi connectivity index (χ4n) is 3.74.